The second-order valence-corrected chi connectivity index (χ2v) is 7.80. The third-order valence-electron chi connectivity index (χ3n) is 5.59. The molecule has 2 aliphatic rings. The summed E-state index contributed by atoms with van der Waals surface area (Å²) in [5.41, 5.74) is 0. The Morgan fingerprint density at radius 2 is 2.19 bits per heavy atom. The van der Waals surface area contributed by atoms with Crippen molar-refractivity contribution in [1.82, 2.24) is 30.3 Å². The van der Waals surface area contributed by atoms with Crippen molar-refractivity contribution in [2.75, 3.05) is 45.9 Å². The summed E-state index contributed by atoms with van der Waals surface area (Å²) in [6, 6.07) is 4.22. The Hall–Kier alpha value is -1.66. The number of hydrogen-bond donors (Lipinski definition) is 2. The van der Waals surface area contributed by atoms with Crippen LogP contribution in [0.15, 0.2) is 27.8 Å². The highest BCUT2D eigenvalue weighted by Crippen LogP contribution is 2.13. The molecule has 0 radical (unpaired) electrons. The van der Waals surface area contributed by atoms with Crippen molar-refractivity contribution in [3.63, 3.8) is 0 Å². The van der Waals surface area contributed by atoms with Gasteiger partial charge in [0.1, 0.15) is 11.6 Å². The average Bonchev–Trinajstić information content (AvgIpc) is 3.43. The second-order valence-electron chi connectivity index (χ2n) is 7.80. The summed E-state index contributed by atoms with van der Waals surface area (Å²) in [5, 5.41) is 11.7. The molecule has 4 rings (SSSR count). The molecule has 1 fully saturated rings. The Kier molecular flexibility index (Phi) is 9.59. The van der Waals surface area contributed by atoms with Gasteiger partial charge in [-0.05, 0) is 18.6 Å². The van der Waals surface area contributed by atoms with Crippen LogP contribution >= 0.6 is 24.0 Å². The maximum Gasteiger partial charge on any atom is 0.191 e. The summed E-state index contributed by atoms with van der Waals surface area (Å²) in [7, 11) is 0. The molecule has 4 heterocycles. The van der Waals surface area contributed by atoms with E-state index in [0.29, 0.717) is 6.04 Å². The molecule has 31 heavy (non-hydrogen) atoms. The van der Waals surface area contributed by atoms with Gasteiger partial charge in [-0.3, -0.25) is 9.89 Å². The van der Waals surface area contributed by atoms with E-state index in [1.54, 1.807) is 6.26 Å². The molecule has 0 spiro atoms. The lowest BCUT2D eigenvalue weighted by atomic mass is 10.1. The summed E-state index contributed by atoms with van der Waals surface area (Å²) in [6.45, 7) is 9.02. The lowest BCUT2D eigenvalue weighted by molar-refractivity contribution is 0.0394. The number of hydrogen-bond acceptors (Lipinski definition) is 6. The number of nitrogens with zero attached hydrogens (tertiary/aromatic N) is 5. The van der Waals surface area contributed by atoms with Crippen molar-refractivity contribution >= 4 is 29.9 Å². The topological polar surface area (TPSA) is 92.7 Å². The van der Waals surface area contributed by atoms with Gasteiger partial charge in [0, 0.05) is 51.5 Å². The van der Waals surface area contributed by atoms with E-state index in [1.165, 1.54) is 0 Å². The van der Waals surface area contributed by atoms with Crippen molar-refractivity contribution in [2.24, 2.45) is 4.99 Å². The monoisotopic (exact) mass is 543 g/mol. The van der Waals surface area contributed by atoms with Crippen LogP contribution in [0.1, 0.15) is 30.8 Å². The zero-order chi connectivity index (χ0) is 20.6. The summed E-state index contributed by atoms with van der Waals surface area (Å²) < 4.78 is 12.9. The smallest absolute Gasteiger partial charge is 0.191 e. The molecule has 1 unspecified atom stereocenters. The Morgan fingerprint density at radius 3 is 2.97 bits per heavy atom. The first-order valence-electron chi connectivity index (χ1n) is 11.1. The lowest BCUT2D eigenvalue weighted by Gasteiger charge is -2.27. The highest BCUT2D eigenvalue weighted by molar-refractivity contribution is 14.0. The standard InChI is InChI=1S/C21H33N7O2.HI/c1-2-19-25-20-6-5-17(16-28(20)26-19)24-21(22-8-7-18-4-3-13-30-18)23-9-10-27-11-14-29-15-12-27;/h3-4,13,17H,2,5-12,14-16H2,1H3,(H2,22,23,24);1H. The molecule has 0 saturated carbocycles. The van der Waals surface area contributed by atoms with Gasteiger partial charge >= 0.3 is 0 Å². The van der Waals surface area contributed by atoms with Crippen molar-refractivity contribution in [2.45, 2.75) is 45.2 Å². The molecule has 2 aromatic rings. The highest BCUT2D eigenvalue weighted by atomic mass is 127. The SMILES string of the molecule is CCc1nc2n(n1)CC(NC(=NCCN1CCOCC1)NCCc1ccco1)CC2.I. The van der Waals surface area contributed by atoms with Crippen LogP contribution in [0.5, 0.6) is 0 Å². The van der Waals surface area contributed by atoms with E-state index < -0.39 is 0 Å². The molecular weight excluding hydrogens is 509 g/mol. The van der Waals surface area contributed by atoms with Crippen LogP contribution in [-0.4, -0.2) is 77.6 Å². The van der Waals surface area contributed by atoms with Crippen molar-refractivity contribution < 1.29 is 9.15 Å². The molecule has 10 heteroatoms. The van der Waals surface area contributed by atoms with Crippen LogP contribution in [-0.2, 0) is 30.5 Å². The van der Waals surface area contributed by atoms with Crippen LogP contribution in [0.4, 0.5) is 0 Å². The van der Waals surface area contributed by atoms with E-state index in [9.17, 15) is 0 Å². The molecular formula is C21H34IN7O2. The van der Waals surface area contributed by atoms with E-state index >= 15 is 0 Å². The number of ether oxygens (including phenoxy) is 1. The first kappa shape index (κ1) is 24.0. The van der Waals surface area contributed by atoms with E-state index in [-0.39, 0.29) is 24.0 Å². The number of fused-ring (bicyclic) bond motifs is 1. The minimum atomic E-state index is 0. The molecule has 1 atom stereocenters. The van der Waals surface area contributed by atoms with Gasteiger partial charge in [-0.25, -0.2) is 9.67 Å². The largest absolute Gasteiger partial charge is 0.469 e. The first-order chi connectivity index (χ1) is 14.8. The molecule has 2 aliphatic heterocycles. The summed E-state index contributed by atoms with van der Waals surface area (Å²) in [6.07, 6.45) is 5.39. The number of aromatic nitrogens is 3. The number of aliphatic imine (C=N–C) groups is 1. The van der Waals surface area contributed by atoms with Crippen LogP contribution in [0.25, 0.3) is 0 Å². The molecule has 0 aromatic carbocycles. The summed E-state index contributed by atoms with van der Waals surface area (Å²) >= 11 is 0. The minimum Gasteiger partial charge on any atom is -0.469 e. The van der Waals surface area contributed by atoms with E-state index in [2.05, 4.69) is 32.5 Å². The maximum absolute atomic E-state index is 5.44. The van der Waals surface area contributed by atoms with Gasteiger partial charge in [-0.15, -0.1) is 24.0 Å². The third kappa shape index (κ3) is 7.18. The fraction of sp³-hybridized carbons (Fsp3) is 0.667. The van der Waals surface area contributed by atoms with Gasteiger partial charge in [0.25, 0.3) is 0 Å². The van der Waals surface area contributed by atoms with E-state index in [0.717, 1.165) is 102 Å². The summed E-state index contributed by atoms with van der Waals surface area (Å²) in [5.74, 6) is 3.87. The summed E-state index contributed by atoms with van der Waals surface area (Å²) in [4.78, 5) is 11.9. The van der Waals surface area contributed by atoms with E-state index in [4.69, 9.17) is 14.1 Å². The van der Waals surface area contributed by atoms with Crippen molar-refractivity contribution in [1.29, 1.82) is 0 Å². The Labute approximate surface area is 201 Å². The predicted molar refractivity (Wildman–Crippen MR) is 130 cm³/mol. The maximum atomic E-state index is 5.44. The van der Waals surface area contributed by atoms with Crippen LogP contribution in [0, 0.1) is 0 Å². The van der Waals surface area contributed by atoms with Gasteiger partial charge in [0.2, 0.25) is 0 Å². The molecule has 172 valence electrons. The quantitative estimate of drug-likeness (QED) is 0.296. The third-order valence-corrected chi connectivity index (χ3v) is 5.59. The normalized spacial score (nSPS) is 19.5. The average molecular weight is 543 g/mol. The molecule has 0 bridgehead atoms. The molecule has 2 N–H and O–H groups in total. The van der Waals surface area contributed by atoms with Crippen molar-refractivity contribution in [3.05, 3.63) is 35.8 Å². The number of guanidine groups is 1. The van der Waals surface area contributed by atoms with Gasteiger partial charge < -0.3 is 19.8 Å². The number of furan rings is 1. The number of halogens is 1. The van der Waals surface area contributed by atoms with E-state index in [1.807, 2.05) is 16.8 Å². The molecule has 1 saturated heterocycles. The predicted octanol–water partition coefficient (Wildman–Crippen LogP) is 1.48. The van der Waals surface area contributed by atoms with Crippen LogP contribution < -0.4 is 10.6 Å². The highest BCUT2D eigenvalue weighted by Gasteiger charge is 2.22. The lowest BCUT2D eigenvalue weighted by Crippen LogP contribution is -2.48. The van der Waals surface area contributed by atoms with Gasteiger partial charge in [-0.2, -0.15) is 5.10 Å². The van der Waals surface area contributed by atoms with Crippen LogP contribution in [0.2, 0.25) is 0 Å². The molecule has 0 amide bonds. The second kappa shape index (κ2) is 12.4. The van der Waals surface area contributed by atoms with Crippen molar-refractivity contribution in [3.8, 4) is 0 Å². The number of rotatable bonds is 8. The molecule has 2 aromatic heterocycles. The minimum absolute atomic E-state index is 0. The van der Waals surface area contributed by atoms with Gasteiger partial charge in [0.15, 0.2) is 11.8 Å². The number of aryl methyl sites for hydroxylation is 2. The zero-order valence-electron chi connectivity index (χ0n) is 18.3. The Balaban J connectivity index is 0.00000272. The fourth-order valence-corrected chi connectivity index (χ4v) is 3.86. The Morgan fingerprint density at radius 1 is 1.32 bits per heavy atom. The van der Waals surface area contributed by atoms with Crippen LogP contribution in [0.3, 0.4) is 0 Å². The molecule has 9 nitrogen and oxygen atoms in total. The fourth-order valence-electron chi connectivity index (χ4n) is 3.86. The zero-order valence-corrected chi connectivity index (χ0v) is 20.6. The number of nitrogens with one attached hydrogen (secondary N) is 2. The number of morpholine rings is 1. The van der Waals surface area contributed by atoms with Gasteiger partial charge in [-0.1, -0.05) is 6.92 Å². The first-order valence-corrected chi connectivity index (χ1v) is 11.1. The Bertz CT molecular complexity index is 803. The van der Waals surface area contributed by atoms with Gasteiger partial charge in [0.05, 0.1) is 32.6 Å². The molecule has 0 aliphatic carbocycles.